The molecule has 6 nitrogen and oxygen atoms in total. The van der Waals surface area contributed by atoms with Crippen molar-refractivity contribution in [2.45, 2.75) is 13.3 Å². The predicted octanol–water partition coefficient (Wildman–Crippen LogP) is 4.32. The molecule has 0 saturated heterocycles. The number of nitrogens with zero attached hydrogens (tertiary/aromatic N) is 3. The molecule has 0 N–H and O–H groups in total. The third kappa shape index (κ3) is 3.52. The molecule has 0 aliphatic heterocycles. The summed E-state index contributed by atoms with van der Waals surface area (Å²) >= 11 is 6.37. The first-order chi connectivity index (χ1) is 13.1. The molecule has 4 rings (SSSR count). The summed E-state index contributed by atoms with van der Waals surface area (Å²) in [5, 5.41) is 1.12. The molecular weight excluding hydrogens is 366 g/mol. The first-order valence-corrected chi connectivity index (χ1v) is 8.59. The van der Waals surface area contributed by atoms with E-state index in [0.29, 0.717) is 28.3 Å². The average Bonchev–Trinajstić information content (AvgIpc) is 2.68. The van der Waals surface area contributed by atoms with Crippen molar-refractivity contribution in [1.29, 1.82) is 0 Å². The third-order valence-corrected chi connectivity index (χ3v) is 4.48. The minimum Gasteiger partial charge on any atom is -0.423 e. The number of halogens is 1. The van der Waals surface area contributed by atoms with Crippen molar-refractivity contribution in [2.24, 2.45) is 0 Å². The summed E-state index contributed by atoms with van der Waals surface area (Å²) in [6.45, 7) is 1.88. The van der Waals surface area contributed by atoms with Crippen LogP contribution in [0.2, 0.25) is 5.02 Å². The molecule has 27 heavy (non-hydrogen) atoms. The zero-order valence-electron chi connectivity index (χ0n) is 14.3. The summed E-state index contributed by atoms with van der Waals surface area (Å²) in [7, 11) is 0. The number of hydrogen-bond donors (Lipinski definition) is 0. The van der Waals surface area contributed by atoms with Gasteiger partial charge in [0.25, 0.3) is 0 Å². The zero-order chi connectivity index (χ0) is 18.8. The Morgan fingerprint density at radius 2 is 1.96 bits per heavy atom. The van der Waals surface area contributed by atoms with Crippen LogP contribution in [0.15, 0.2) is 64.3 Å². The van der Waals surface area contributed by atoms with Crippen LogP contribution in [0, 0.1) is 6.92 Å². The van der Waals surface area contributed by atoms with Crippen molar-refractivity contribution in [3.8, 4) is 11.8 Å². The van der Waals surface area contributed by atoms with Crippen LogP contribution in [0.4, 0.5) is 0 Å². The van der Waals surface area contributed by atoms with Crippen LogP contribution in [-0.2, 0) is 6.42 Å². The lowest BCUT2D eigenvalue weighted by atomic mass is 10.0. The van der Waals surface area contributed by atoms with Gasteiger partial charge >= 0.3 is 11.6 Å². The quantitative estimate of drug-likeness (QED) is 0.491. The van der Waals surface area contributed by atoms with E-state index in [2.05, 4.69) is 15.0 Å². The van der Waals surface area contributed by atoms with E-state index in [1.165, 1.54) is 0 Å². The van der Waals surface area contributed by atoms with Gasteiger partial charge in [-0.2, -0.15) is 0 Å². The number of rotatable bonds is 4. The molecule has 4 aromatic rings. The average molecular weight is 380 g/mol. The van der Waals surface area contributed by atoms with E-state index in [1.807, 2.05) is 19.1 Å². The molecule has 0 aliphatic rings. The summed E-state index contributed by atoms with van der Waals surface area (Å²) in [4.78, 5) is 24.6. The standard InChI is InChI=1S/C20H14ClN3O3/c1-12-14-9-16(21)18(27-20-23-6-3-7-24-20)10-17(14)26-19(25)15(12)8-13-4-2-5-22-11-13/h2-7,9-11H,8H2,1H3. The summed E-state index contributed by atoms with van der Waals surface area (Å²) < 4.78 is 11.1. The van der Waals surface area contributed by atoms with Gasteiger partial charge in [-0.3, -0.25) is 4.98 Å². The number of ether oxygens (including phenoxy) is 1. The molecule has 1 aromatic carbocycles. The SMILES string of the molecule is Cc1c(Cc2cccnc2)c(=O)oc2cc(Oc3ncccn3)c(Cl)cc12. The molecule has 0 aliphatic carbocycles. The number of aryl methyl sites for hydroxylation is 1. The lowest BCUT2D eigenvalue weighted by molar-refractivity contribution is 0.441. The van der Waals surface area contributed by atoms with Crippen LogP contribution < -0.4 is 10.4 Å². The second-order valence-corrected chi connectivity index (χ2v) is 6.35. The van der Waals surface area contributed by atoms with E-state index in [0.717, 1.165) is 16.5 Å². The first-order valence-electron chi connectivity index (χ1n) is 8.21. The number of benzene rings is 1. The number of fused-ring (bicyclic) bond motifs is 1. The van der Waals surface area contributed by atoms with E-state index >= 15 is 0 Å². The van der Waals surface area contributed by atoms with E-state index in [-0.39, 0.29) is 6.01 Å². The Morgan fingerprint density at radius 3 is 2.70 bits per heavy atom. The van der Waals surface area contributed by atoms with Crippen molar-refractivity contribution in [1.82, 2.24) is 15.0 Å². The van der Waals surface area contributed by atoms with Gasteiger partial charge in [0, 0.05) is 48.2 Å². The maximum Gasteiger partial charge on any atom is 0.340 e. The summed E-state index contributed by atoms with van der Waals surface area (Å²) in [6.07, 6.45) is 6.98. The summed E-state index contributed by atoms with van der Waals surface area (Å²) in [5.41, 5.74) is 2.32. The Kier molecular flexibility index (Phi) is 4.56. The third-order valence-electron chi connectivity index (χ3n) is 4.19. The highest BCUT2D eigenvalue weighted by atomic mass is 35.5. The molecule has 7 heteroatoms. The second kappa shape index (κ2) is 7.17. The molecular formula is C20H14ClN3O3. The van der Waals surface area contributed by atoms with Crippen molar-refractivity contribution in [3.05, 3.63) is 87.3 Å². The zero-order valence-corrected chi connectivity index (χ0v) is 15.1. The Bertz CT molecular complexity index is 1160. The second-order valence-electron chi connectivity index (χ2n) is 5.94. The normalized spacial score (nSPS) is 10.9. The largest absolute Gasteiger partial charge is 0.423 e. The van der Waals surface area contributed by atoms with Gasteiger partial charge in [-0.05, 0) is 36.2 Å². The van der Waals surface area contributed by atoms with E-state index in [9.17, 15) is 4.79 Å². The molecule has 3 aromatic heterocycles. The minimum atomic E-state index is -0.395. The van der Waals surface area contributed by atoms with Gasteiger partial charge in [-0.15, -0.1) is 0 Å². The fraction of sp³-hybridized carbons (Fsp3) is 0.100. The van der Waals surface area contributed by atoms with E-state index in [4.69, 9.17) is 20.8 Å². The van der Waals surface area contributed by atoms with Gasteiger partial charge in [0.1, 0.15) is 5.58 Å². The Morgan fingerprint density at radius 1 is 1.15 bits per heavy atom. The Labute approximate surface area is 159 Å². The van der Waals surface area contributed by atoms with Crippen LogP contribution in [0.5, 0.6) is 11.8 Å². The van der Waals surface area contributed by atoms with Gasteiger partial charge in [0.05, 0.1) is 5.02 Å². The molecule has 0 unspecified atom stereocenters. The summed E-state index contributed by atoms with van der Waals surface area (Å²) in [6, 6.07) is 8.89. The molecule has 0 spiro atoms. The van der Waals surface area contributed by atoms with Crippen LogP contribution in [-0.4, -0.2) is 15.0 Å². The van der Waals surface area contributed by atoms with Gasteiger partial charge in [0.2, 0.25) is 0 Å². The summed E-state index contributed by atoms with van der Waals surface area (Å²) in [5.74, 6) is 0.318. The smallest absolute Gasteiger partial charge is 0.340 e. The van der Waals surface area contributed by atoms with Gasteiger partial charge < -0.3 is 9.15 Å². The minimum absolute atomic E-state index is 0.158. The van der Waals surface area contributed by atoms with Crippen LogP contribution in [0.1, 0.15) is 16.7 Å². The van der Waals surface area contributed by atoms with Gasteiger partial charge in [-0.25, -0.2) is 14.8 Å². The van der Waals surface area contributed by atoms with E-state index < -0.39 is 5.63 Å². The maximum absolute atomic E-state index is 12.5. The molecule has 134 valence electrons. The fourth-order valence-electron chi connectivity index (χ4n) is 2.82. The van der Waals surface area contributed by atoms with Crippen LogP contribution in [0.3, 0.4) is 0 Å². The topological polar surface area (TPSA) is 78.1 Å². The molecule has 0 amide bonds. The fourth-order valence-corrected chi connectivity index (χ4v) is 3.02. The monoisotopic (exact) mass is 379 g/mol. The van der Waals surface area contributed by atoms with Gasteiger partial charge in [-0.1, -0.05) is 17.7 Å². The molecule has 0 bridgehead atoms. The molecule has 0 radical (unpaired) electrons. The highest BCUT2D eigenvalue weighted by Crippen LogP contribution is 2.34. The molecule has 0 saturated carbocycles. The predicted molar refractivity (Wildman–Crippen MR) is 101 cm³/mol. The van der Waals surface area contributed by atoms with Crippen LogP contribution in [0.25, 0.3) is 11.0 Å². The maximum atomic E-state index is 12.5. The van der Waals surface area contributed by atoms with Crippen molar-refractivity contribution in [2.75, 3.05) is 0 Å². The van der Waals surface area contributed by atoms with Crippen molar-refractivity contribution in [3.63, 3.8) is 0 Å². The number of aromatic nitrogens is 3. The van der Waals surface area contributed by atoms with Crippen molar-refractivity contribution < 1.29 is 9.15 Å². The number of hydrogen-bond acceptors (Lipinski definition) is 6. The number of pyridine rings is 1. The lowest BCUT2D eigenvalue weighted by Crippen LogP contribution is -2.11. The van der Waals surface area contributed by atoms with E-state index in [1.54, 1.807) is 43.0 Å². The molecule has 3 heterocycles. The highest BCUT2D eigenvalue weighted by Gasteiger charge is 2.15. The Hall–Kier alpha value is -3.25. The Balaban J connectivity index is 1.77. The molecule has 0 atom stereocenters. The van der Waals surface area contributed by atoms with Gasteiger partial charge in [0.15, 0.2) is 5.75 Å². The highest BCUT2D eigenvalue weighted by molar-refractivity contribution is 6.32. The van der Waals surface area contributed by atoms with Crippen LogP contribution >= 0.6 is 11.6 Å². The van der Waals surface area contributed by atoms with Crippen molar-refractivity contribution >= 4 is 22.6 Å². The molecule has 0 fully saturated rings. The first kappa shape index (κ1) is 17.2. The lowest BCUT2D eigenvalue weighted by Gasteiger charge is -2.11.